The van der Waals surface area contributed by atoms with E-state index in [9.17, 15) is 4.79 Å². The first-order valence-electron chi connectivity index (χ1n) is 9.29. The minimum absolute atomic E-state index is 0.0451. The summed E-state index contributed by atoms with van der Waals surface area (Å²) in [5.74, 6) is 0. The molecule has 0 unspecified atom stereocenters. The van der Waals surface area contributed by atoms with E-state index in [0.29, 0.717) is 13.1 Å². The number of pyridine rings is 2. The van der Waals surface area contributed by atoms with Crippen LogP contribution in [0.4, 0.5) is 0 Å². The summed E-state index contributed by atoms with van der Waals surface area (Å²) in [6, 6.07) is 18.0. The molecule has 0 atom stereocenters. The zero-order valence-electron chi connectivity index (χ0n) is 15.0. The second-order valence-electron chi connectivity index (χ2n) is 7.18. The van der Waals surface area contributed by atoms with Crippen molar-refractivity contribution in [2.45, 2.75) is 13.1 Å². The Bertz CT molecular complexity index is 1430. The fraction of sp³-hybridized carbons (Fsp3) is 0.0870. The molecule has 1 aliphatic heterocycles. The molecule has 0 fully saturated rings. The molecule has 0 aliphatic carbocycles. The maximum absolute atomic E-state index is 13.1. The molecular formula is C23H16N4O. The highest BCUT2D eigenvalue weighted by Crippen LogP contribution is 2.36. The lowest BCUT2D eigenvalue weighted by molar-refractivity contribution is 0.767. The molecule has 6 rings (SSSR count). The summed E-state index contributed by atoms with van der Waals surface area (Å²) in [5.41, 5.74) is 5.13. The van der Waals surface area contributed by atoms with Crippen molar-refractivity contribution in [1.82, 2.24) is 19.1 Å². The maximum Gasteiger partial charge on any atom is 0.259 e. The first-order valence-corrected chi connectivity index (χ1v) is 9.29. The van der Waals surface area contributed by atoms with Gasteiger partial charge in [-0.3, -0.25) is 4.79 Å². The number of hydrogen-bond acceptors (Lipinski definition) is 3. The summed E-state index contributed by atoms with van der Waals surface area (Å²) in [6.07, 6.45) is 5.57. The third-order valence-corrected chi connectivity index (χ3v) is 5.59. The van der Waals surface area contributed by atoms with Crippen molar-refractivity contribution in [3.05, 3.63) is 94.8 Å². The first kappa shape index (κ1) is 15.3. The number of rotatable bonds is 2. The van der Waals surface area contributed by atoms with Gasteiger partial charge >= 0.3 is 0 Å². The van der Waals surface area contributed by atoms with E-state index in [1.54, 1.807) is 6.20 Å². The number of benzene rings is 2. The fourth-order valence-corrected chi connectivity index (χ4v) is 4.25. The van der Waals surface area contributed by atoms with Crippen molar-refractivity contribution in [3.8, 4) is 11.4 Å². The lowest BCUT2D eigenvalue weighted by Crippen LogP contribution is -2.19. The van der Waals surface area contributed by atoms with Gasteiger partial charge in [0, 0.05) is 35.3 Å². The van der Waals surface area contributed by atoms with Gasteiger partial charge in [0.2, 0.25) is 0 Å². The van der Waals surface area contributed by atoms with Crippen molar-refractivity contribution in [2.75, 3.05) is 0 Å². The molecule has 4 heterocycles. The molecule has 0 saturated carbocycles. The molecule has 0 amide bonds. The third-order valence-electron chi connectivity index (χ3n) is 5.59. The highest BCUT2D eigenvalue weighted by molar-refractivity contribution is 5.91. The van der Waals surface area contributed by atoms with Crippen LogP contribution in [0.5, 0.6) is 0 Å². The SMILES string of the molecule is O=c1c2ccccc2cc2n1Cc1c-2nc2ccccc2c1Cn1ccnc1. The average Bonchev–Trinajstić information content (AvgIpc) is 3.36. The van der Waals surface area contributed by atoms with Crippen LogP contribution < -0.4 is 5.56 Å². The van der Waals surface area contributed by atoms with E-state index in [2.05, 4.69) is 21.7 Å². The smallest absolute Gasteiger partial charge is 0.259 e. The predicted octanol–water partition coefficient (Wildman–Crippen LogP) is 3.82. The lowest BCUT2D eigenvalue weighted by atomic mass is 10.0. The summed E-state index contributed by atoms with van der Waals surface area (Å²) in [4.78, 5) is 22.3. The van der Waals surface area contributed by atoms with Gasteiger partial charge in [-0.15, -0.1) is 0 Å². The molecule has 3 aromatic heterocycles. The van der Waals surface area contributed by atoms with Gasteiger partial charge in [0.05, 0.1) is 29.8 Å². The average molecular weight is 364 g/mol. The van der Waals surface area contributed by atoms with E-state index in [4.69, 9.17) is 4.98 Å². The van der Waals surface area contributed by atoms with Crippen LogP contribution >= 0.6 is 0 Å². The molecule has 5 nitrogen and oxygen atoms in total. The Hall–Kier alpha value is -3.73. The second-order valence-corrected chi connectivity index (χ2v) is 7.18. The Labute approximate surface area is 160 Å². The highest BCUT2D eigenvalue weighted by Gasteiger charge is 2.26. The van der Waals surface area contributed by atoms with Crippen molar-refractivity contribution < 1.29 is 0 Å². The van der Waals surface area contributed by atoms with Gasteiger partial charge in [-0.05, 0) is 29.1 Å². The Balaban J connectivity index is 1.68. The van der Waals surface area contributed by atoms with Gasteiger partial charge in [-0.25, -0.2) is 9.97 Å². The van der Waals surface area contributed by atoms with Crippen molar-refractivity contribution >= 4 is 21.7 Å². The summed E-state index contributed by atoms with van der Waals surface area (Å²) >= 11 is 0. The maximum atomic E-state index is 13.1. The standard InChI is InChI=1S/C23H16N4O/c28-23-16-6-2-1-5-15(16)11-21-22-19(13-27(21)23)18(12-26-10-9-24-14-26)17-7-3-4-8-20(17)25-22/h1-11,14H,12-13H2. The molecule has 0 radical (unpaired) electrons. The van der Waals surface area contributed by atoms with E-state index < -0.39 is 0 Å². The zero-order chi connectivity index (χ0) is 18.7. The molecule has 1 aliphatic rings. The number of aromatic nitrogens is 4. The fourth-order valence-electron chi connectivity index (χ4n) is 4.25. The molecule has 2 aromatic carbocycles. The van der Waals surface area contributed by atoms with Gasteiger partial charge in [-0.2, -0.15) is 0 Å². The van der Waals surface area contributed by atoms with Crippen LogP contribution in [0, 0.1) is 0 Å². The van der Waals surface area contributed by atoms with Crippen molar-refractivity contribution in [1.29, 1.82) is 0 Å². The van der Waals surface area contributed by atoms with Gasteiger partial charge in [0.25, 0.3) is 5.56 Å². The van der Waals surface area contributed by atoms with E-state index >= 15 is 0 Å². The van der Waals surface area contributed by atoms with Gasteiger partial charge < -0.3 is 9.13 Å². The largest absolute Gasteiger partial charge is 0.333 e. The number of imidazole rings is 1. The summed E-state index contributed by atoms with van der Waals surface area (Å²) < 4.78 is 3.92. The molecule has 134 valence electrons. The summed E-state index contributed by atoms with van der Waals surface area (Å²) in [5, 5.41) is 2.83. The van der Waals surface area contributed by atoms with Crippen LogP contribution in [0.15, 0.2) is 78.1 Å². The van der Waals surface area contributed by atoms with E-state index in [-0.39, 0.29) is 5.56 Å². The molecule has 0 bridgehead atoms. The summed E-state index contributed by atoms with van der Waals surface area (Å²) in [6.45, 7) is 1.25. The van der Waals surface area contributed by atoms with E-state index in [1.807, 2.05) is 59.6 Å². The zero-order valence-corrected chi connectivity index (χ0v) is 15.0. The second kappa shape index (κ2) is 5.63. The van der Waals surface area contributed by atoms with Gasteiger partial charge in [0.1, 0.15) is 0 Å². The predicted molar refractivity (Wildman–Crippen MR) is 109 cm³/mol. The van der Waals surface area contributed by atoms with Crippen LogP contribution in [0.1, 0.15) is 11.1 Å². The minimum Gasteiger partial charge on any atom is -0.333 e. The molecule has 0 spiro atoms. The summed E-state index contributed by atoms with van der Waals surface area (Å²) in [7, 11) is 0. The lowest BCUT2D eigenvalue weighted by Gasteiger charge is -2.12. The Kier molecular flexibility index (Phi) is 3.09. The quantitative estimate of drug-likeness (QED) is 0.469. The van der Waals surface area contributed by atoms with E-state index in [0.717, 1.165) is 38.6 Å². The van der Waals surface area contributed by atoms with Gasteiger partial charge in [0.15, 0.2) is 0 Å². The number of para-hydroxylation sites is 1. The molecule has 5 aromatic rings. The van der Waals surface area contributed by atoms with Crippen LogP contribution in [0.25, 0.3) is 33.1 Å². The monoisotopic (exact) mass is 364 g/mol. The first-order chi connectivity index (χ1) is 13.8. The molecule has 28 heavy (non-hydrogen) atoms. The van der Waals surface area contributed by atoms with Gasteiger partial charge in [-0.1, -0.05) is 36.4 Å². The number of nitrogens with zero attached hydrogens (tertiary/aromatic N) is 4. The Morgan fingerprint density at radius 2 is 1.82 bits per heavy atom. The van der Waals surface area contributed by atoms with E-state index in [1.165, 1.54) is 5.56 Å². The minimum atomic E-state index is 0.0451. The van der Waals surface area contributed by atoms with Crippen LogP contribution in [-0.4, -0.2) is 19.1 Å². The Morgan fingerprint density at radius 3 is 2.68 bits per heavy atom. The molecule has 5 heteroatoms. The third kappa shape index (κ3) is 2.10. The van der Waals surface area contributed by atoms with Crippen LogP contribution in [0.3, 0.4) is 0 Å². The molecule has 0 saturated heterocycles. The molecule has 0 N–H and O–H groups in total. The number of fused-ring (bicyclic) bond motifs is 5. The van der Waals surface area contributed by atoms with Crippen LogP contribution in [0.2, 0.25) is 0 Å². The van der Waals surface area contributed by atoms with Crippen LogP contribution in [-0.2, 0) is 13.1 Å². The highest BCUT2D eigenvalue weighted by atomic mass is 16.1. The van der Waals surface area contributed by atoms with Crippen molar-refractivity contribution in [2.24, 2.45) is 0 Å². The van der Waals surface area contributed by atoms with Crippen molar-refractivity contribution in [3.63, 3.8) is 0 Å². The topological polar surface area (TPSA) is 52.7 Å². The molecular weight excluding hydrogens is 348 g/mol. The normalized spacial score (nSPS) is 12.4. The number of hydrogen-bond donors (Lipinski definition) is 0. The Morgan fingerprint density at radius 1 is 1.00 bits per heavy atom.